The Balaban J connectivity index is 1.91. The van der Waals surface area contributed by atoms with Gasteiger partial charge in [0.2, 0.25) is 10.0 Å². The summed E-state index contributed by atoms with van der Waals surface area (Å²) < 4.78 is 33.3. The van der Waals surface area contributed by atoms with Crippen molar-refractivity contribution >= 4 is 33.2 Å². The van der Waals surface area contributed by atoms with Gasteiger partial charge in [0, 0.05) is 18.1 Å². The van der Waals surface area contributed by atoms with Gasteiger partial charge in [-0.2, -0.15) is 4.31 Å². The minimum Gasteiger partial charge on any atom is -0.497 e. The highest BCUT2D eigenvalue weighted by Crippen LogP contribution is 2.34. The van der Waals surface area contributed by atoms with Crippen LogP contribution in [0.1, 0.15) is 36.3 Å². The largest absolute Gasteiger partial charge is 0.497 e. The van der Waals surface area contributed by atoms with Gasteiger partial charge in [0.25, 0.3) is 0 Å². The molecular weight excluding hydrogens is 405 g/mol. The first-order valence-corrected chi connectivity index (χ1v) is 11.1. The van der Waals surface area contributed by atoms with Crippen molar-refractivity contribution in [3.63, 3.8) is 0 Å². The number of hydrogen-bond acceptors (Lipinski definition) is 3. The first kappa shape index (κ1) is 20.5. The molecule has 7 heteroatoms. The molecule has 1 saturated heterocycles. The van der Waals surface area contributed by atoms with Crippen LogP contribution in [0.15, 0.2) is 41.3 Å². The van der Waals surface area contributed by atoms with Gasteiger partial charge in [-0.1, -0.05) is 41.8 Å². The lowest BCUT2D eigenvalue weighted by Gasteiger charge is -2.25. The first-order chi connectivity index (χ1) is 12.8. The fourth-order valence-electron chi connectivity index (χ4n) is 3.44. The Morgan fingerprint density at radius 2 is 1.78 bits per heavy atom. The third-order valence-corrected chi connectivity index (χ3v) is 7.79. The number of rotatable bonds is 4. The van der Waals surface area contributed by atoms with E-state index in [1.807, 2.05) is 24.3 Å². The number of nitrogens with zero attached hydrogens (tertiary/aromatic N) is 1. The minimum atomic E-state index is -3.69. The highest BCUT2D eigenvalue weighted by molar-refractivity contribution is 7.89. The van der Waals surface area contributed by atoms with Crippen LogP contribution in [0.5, 0.6) is 5.75 Å². The molecule has 4 nitrogen and oxygen atoms in total. The summed E-state index contributed by atoms with van der Waals surface area (Å²) in [6, 6.07) is 10.9. The Hall–Kier alpha value is -1.27. The lowest BCUT2D eigenvalue weighted by Crippen LogP contribution is -2.34. The van der Waals surface area contributed by atoms with Crippen LogP contribution < -0.4 is 4.74 Å². The molecule has 27 heavy (non-hydrogen) atoms. The Morgan fingerprint density at radius 3 is 2.44 bits per heavy atom. The number of hydrogen-bond donors (Lipinski definition) is 0. The molecule has 1 aliphatic heterocycles. The third kappa shape index (κ3) is 4.43. The average Bonchev–Trinajstić information content (AvgIpc) is 2.91. The maximum atomic E-state index is 13.3. The highest BCUT2D eigenvalue weighted by Gasteiger charge is 2.31. The van der Waals surface area contributed by atoms with Crippen molar-refractivity contribution in [3.8, 4) is 5.75 Å². The first-order valence-electron chi connectivity index (χ1n) is 8.92. The Kier molecular flexibility index (Phi) is 6.36. The van der Waals surface area contributed by atoms with E-state index in [0.717, 1.165) is 30.6 Å². The summed E-state index contributed by atoms with van der Waals surface area (Å²) in [5.41, 5.74) is 1.82. The van der Waals surface area contributed by atoms with E-state index in [9.17, 15) is 8.42 Å². The van der Waals surface area contributed by atoms with E-state index in [1.54, 1.807) is 24.4 Å². The van der Waals surface area contributed by atoms with Crippen molar-refractivity contribution in [1.29, 1.82) is 0 Å². The molecule has 0 bridgehead atoms. The topological polar surface area (TPSA) is 46.6 Å². The van der Waals surface area contributed by atoms with Crippen molar-refractivity contribution < 1.29 is 13.2 Å². The zero-order valence-corrected chi connectivity index (χ0v) is 17.7. The summed E-state index contributed by atoms with van der Waals surface area (Å²) in [5.74, 6) is 0.931. The lowest BCUT2D eigenvalue weighted by atomic mass is 9.94. The fraction of sp³-hybridized carbons (Fsp3) is 0.400. The fourth-order valence-corrected chi connectivity index (χ4v) is 5.77. The van der Waals surface area contributed by atoms with Gasteiger partial charge in [0.05, 0.1) is 12.1 Å². The summed E-state index contributed by atoms with van der Waals surface area (Å²) in [4.78, 5) is 0.126. The second-order valence-corrected chi connectivity index (χ2v) is 9.58. The summed E-state index contributed by atoms with van der Waals surface area (Å²) in [7, 11) is -2.06. The van der Waals surface area contributed by atoms with E-state index >= 15 is 0 Å². The summed E-state index contributed by atoms with van der Waals surface area (Å²) >= 11 is 12.3. The summed E-state index contributed by atoms with van der Waals surface area (Å²) in [6.45, 7) is 2.71. The van der Waals surface area contributed by atoms with Gasteiger partial charge < -0.3 is 4.74 Å². The third-order valence-electron chi connectivity index (χ3n) is 5.05. The minimum absolute atomic E-state index is 0.126. The molecule has 0 N–H and O–H groups in total. The van der Waals surface area contributed by atoms with E-state index in [1.165, 1.54) is 6.07 Å². The van der Waals surface area contributed by atoms with E-state index in [2.05, 4.69) is 0 Å². The normalized spacial score (nSPS) is 18.9. The van der Waals surface area contributed by atoms with Gasteiger partial charge in [0.15, 0.2) is 0 Å². The molecule has 1 fully saturated rings. The van der Waals surface area contributed by atoms with E-state index in [0.29, 0.717) is 23.7 Å². The molecule has 2 aromatic rings. The van der Waals surface area contributed by atoms with Crippen molar-refractivity contribution in [1.82, 2.24) is 4.31 Å². The van der Waals surface area contributed by atoms with E-state index in [-0.39, 0.29) is 15.8 Å². The van der Waals surface area contributed by atoms with Crippen LogP contribution in [0.3, 0.4) is 0 Å². The Morgan fingerprint density at radius 1 is 1.07 bits per heavy atom. The molecule has 146 valence electrons. The van der Waals surface area contributed by atoms with Crippen LogP contribution in [0.4, 0.5) is 0 Å². The van der Waals surface area contributed by atoms with Crippen LogP contribution in [0.25, 0.3) is 0 Å². The molecule has 0 aliphatic carbocycles. The van der Waals surface area contributed by atoms with Gasteiger partial charge >= 0.3 is 0 Å². The predicted octanol–water partition coefficient (Wildman–Crippen LogP) is 5.27. The maximum Gasteiger partial charge on any atom is 0.244 e. The summed E-state index contributed by atoms with van der Waals surface area (Å²) in [6.07, 6.45) is 2.76. The van der Waals surface area contributed by atoms with Crippen LogP contribution in [0, 0.1) is 6.92 Å². The standard InChI is InChI=1S/C20H23Cl2NO3S/c1-14-11-20(19(22)12-18(14)21)27(24,25)23-10-4-3-5-16(13-23)15-6-8-17(26-2)9-7-15/h6-9,11-12,16H,3-5,10,13H2,1-2H3. The van der Waals surface area contributed by atoms with Crippen molar-refractivity contribution in [2.75, 3.05) is 20.2 Å². The molecule has 0 saturated carbocycles. The molecule has 1 atom stereocenters. The van der Waals surface area contributed by atoms with Crippen LogP contribution >= 0.6 is 23.2 Å². The lowest BCUT2D eigenvalue weighted by molar-refractivity contribution is 0.404. The Bertz CT molecular complexity index is 914. The molecular formula is C20H23Cl2NO3S. The van der Waals surface area contributed by atoms with Gasteiger partial charge in [-0.05, 0) is 61.1 Å². The molecule has 1 aliphatic rings. The molecule has 0 radical (unpaired) electrons. The monoisotopic (exact) mass is 427 g/mol. The van der Waals surface area contributed by atoms with Crippen molar-refractivity contribution in [2.45, 2.75) is 37.0 Å². The second-order valence-electron chi connectivity index (χ2n) is 6.86. The van der Waals surface area contributed by atoms with Crippen molar-refractivity contribution in [2.24, 2.45) is 0 Å². The molecule has 0 aromatic heterocycles. The maximum absolute atomic E-state index is 13.3. The molecule has 2 aromatic carbocycles. The number of methoxy groups -OCH3 is 1. The quantitative estimate of drug-likeness (QED) is 0.667. The zero-order valence-electron chi connectivity index (χ0n) is 15.4. The van der Waals surface area contributed by atoms with Gasteiger partial charge in [-0.25, -0.2) is 8.42 Å². The van der Waals surface area contributed by atoms with Crippen LogP contribution in [-0.2, 0) is 10.0 Å². The van der Waals surface area contributed by atoms with Crippen LogP contribution in [0.2, 0.25) is 10.0 Å². The molecule has 0 spiro atoms. The number of benzene rings is 2. The van der Waals surface area contributed by atoms with Crippen LogP contribution in [-0.4, -0.2) is 32.9 Å². The SMILES string of the molecule is COc1ccc(C2CCCCN(S(=O)(=O)c3cc(C)c(Cl)cc3Cl)C2)cc1. The van der Waals surface area contributed by atoms with E-state index < -0.39 is 10.0 Å². The van der Waals surface area contributed by atoms with E-state index in [4.69, 9.17) is 27.9 Å². The number of halogens is 2. The zero-order chi connectivity index (χ0) is 19.6. The second kappa shape index (κ2) is 8.39. The molecule has 0 amide bonds. The van der Waals surface area contributed by atoms with Gasteiger partial charge in [-0.15, -0.1) is 0 Å². The predicted molar refractivity (Wildman–Crippen MR) is 110 cm³/mol. The van der Waals surface area contributed by atoms with Gasteiger partial charge in [0.1, 0.15) is 10.6 Å². The number of ether oxygens (including phenoxy) is 1. The van der Waals surface area contributed by atoms with Crippen molar-refractivity contribution in [3.05, 3.63) is 57.6 Å². The Labute approximate surface area is 171 Å². The molecule has 1 unspecified atom stereocenters. The molecule has 1 heterocycles. The average molecular weight is 428 g/mol. The summed E-state index contributed by atoms with van der Waals surface area (Å²) in [5, 5.41) is 0.627. The van der Waals surface area contributed by atoms with Gasteiger partial charge in [-0.3, -0.25) is 0 Å². The smallest absolute Gasteiger partial charge is 0.244 e. The number of aryl methyl sites for hydroxylation is 1. The highest BCUT2D eigenvalue weighted by atomic mass is 35.5. The molecule has 3 rings (SSSR count). The number of sulfonamides is 1.